The van der Waals surface area contributed by atoms with Gasteiger partial charge < -0.3 is 24.6 Å². The van der Waals surface area contributed by atoms with Gasteiger partial charge in [-0.2, -0.15) is 10.1 Å². The van der Waals surface area contributed by atoms with E-state index in [4.69, 9.17) is 9.47 Å². The molecule has 2 fully saturated rings. The molecule has 1 atom stereocenters. The summed E-state index contributed by atoms with van der Waals surface area (Å²) >= 11 is 3.48. The smallest absolute Gasteiger partial charge is 0.410 e. The lowest BCUT2D eigenvalue weighted by atomic mass is 10.00. The Hall–Kier alpha value is -3.26. The van der Waals surface area contributed by atoms with Crippen molar-refractivity contribution in [2.75, 3.05) is 43.1 Å². The van der Waals surface area contributed by atoms with Gasteiger partial charge in [0, 0.05) is 72.4 Å². The molecule has 5 rings (SSSR count). The number of aromatic nitrogens is 4. The Morgan fingerprint density at radius 2 is 1.45 bits per heavy atom. The largest absolute Gasteiger partial charge is 0.444 e. The van der Waals surface area contributed by atoms with Crippen LogP contribution in [0, 0.1) is 12.8 Å². The fourth-order valence-electron chi connectivity index (χ4n) is 5.12. The number of hydrogen-bond donors (Lipinski definition) is 1. The summed E-state index contributed by atoms with van der Waals surface area (Å²) in [5, 5.41) is 9.44. The topological polar surface area (TPSA) is 132 Å². The zero-order chi connectivity index (χ0) is 36.4. The highest BCUT2D eigenvalue weighted by Gasteiger charge is 2.26. The lowest BCUT2D eigenvalue weighted by molar-refractivity contribution is 0.0187. The van der Waals surface area contributed by atoms with Gasteiger partial charge in [0.05, 0.1) is 11.1 Å². The van der Waals surface area contributed by atoms with Crippen LogP contribution in [-0.2, 0) is 27.3 Å². The second-order valence-electron chi connectivity index (χ2n) is 14.3. The number of carbonyl (C=O) groups excluding carboxylic acids is 2. The van der Waals surface area contributed by atoms with Gasteiger partial charge in [0.25, 0.3) is 0 Å². The molecule has 3 aromatic rings. The van der Waals surface area contributed by atoms with Gasteiger partial charge in [-0.05, 0) is 111 Å². The first-order chi connectivity index (χ1) is 23.0. The maximum absolute atomic E-state index is 11.7. The third-order valence-corrected chi connectivity index (χ3v) is 9.55. The van der Waals surface area contributed by atoms with Gasteiger partial charge >= 0.3 is 12.2 Å². The number of hydrogen-bond acceptors (Lipinski definition) is 9. The van der Waals surface area contributed by atoms with Crippen molar-refractivity contribution < 1.29 is 23.3 Å². The minimum Gasteiger partial charge on any atom is -0.444 e. The normalized spacial score (nSPS) is 16.1. The monoisotopic (exact) mass is 763 g/mol. The van der Waals surface area contributed by atoms with E-state index in [0.29, 0.717) is 11.9 Å². The number of amides is 2. The Kier molecular flexibility index (Phi) is 14.9. The molecule has 0 saturated carbocycles. The highest BCUT2D eigenvalue weighted by molar-refractivity contribution is 9.09. The Balaban J connectivity index is 0.000000207. The van der Waals surface area contributed by atoms with Crippen LogP contribution in [0.15, 0.2) is 35.4 Å². The lowest BCUT2D eigenvalue weighted by Crippen LogP contribution is -2.41. The van der Waals surface area contributed by atoms with Gasteiger partial charge in [0.15, 0.2) is 5.65 Å². The Bertz CT molecular complexity index is 1540. The van der Waals surface area contributed by atoms with E-state index in [1.165, 1.54) is 6.42 Å². The Morgan fingerprint density at radius 1 is 0.918 bits per heavy atom. The SMILES string of the molecule is CC(C)(C)OC(=O)N1CCC(CBr)CC1.CC(C)(C)OC(=O)N1CCCCC1.Cc1nn(C)c2nc(Nc3ccc(S(C)=O)cc3)ncc12. The van der Waals surface area contributed by atoms with E-state index in [9.17, 15) is 13.8 Å². The molecule has 2 aromatic heterocycles. The number of nitrogens with one attached hydrogen (secondary N) is 1. The first-order valence-corrected chi connectivity index (χ1v) is 19.5. The van der Waals surface area contributed by atoms with E-state index in [2.05, 4.69) is 36.3 Å². The van der Waals surface area contributed by atoms with Gasteiger partial charge in [-0.25, -0.2) is 14.6 Å². The molecule has 0 spiro atoms. The summed E-state index contributed by atoms with van der Waals surface area (Å²) in [5.74, 6) is 1.22. The molecule has 0 radical (unpaired) electrons. The van der Waals surface area contributed by atoms with Crippen LogP contribution < -0.4 is 5.32 Å². The summed E-state index contributed by atoms with van der Waals surface area (Å²) in [7, 11) is 0.885. The first kappa shape index (κ1) is 40.2. The fraction of sp³-hybridized carbons (Fsp3) is 0.629. The number of ether oxygens (including phenoxy) is 2. The lowest BCUT2D eigenvalue weighted by Gasteiger charge is -2.32. The molecule has 1 N–H and O–H groups in total. The average molecular weight is 765 g/mol. The van der Waals surface area contributed by atoms with E-state index >= 15 is 0 Å². The molecule has 14 heteroatoms. The second kappa shape index (κ2) is 18.1. The van der Waals surface area contributed by atoms with Crippen molar-refractivity contribution in [2.24, 2.45) is 13.0 Å². The summed E-state index contributed by atoms with van der Waals surface area (Å²) < 4.78 is 23.7. The standard InChI is InChI=1S/C14H15N5OS.C11H20BrNO2.C10H19NO2/c1-9-12-8-15-14(17-13(12)19(2)18-9)16-10-4-6-11(7-5-10)21(3)20;1-11(2,3)15-10(14)13-6-4-9(8-12)5-7-13;1-10(2,3)13-9(12)11-7-5-4-6-8-11/h4-8H,1-3H3,(H,15,16,17);9H,4-8H2,1-3H3;4-8H2,1-3H3. The molecule has 49 heavy (non-hydrogen) atoms. The number of carbonyl (C=O) groups is 2. The number of rotatable bonds is 4. The zero-order valence-electron chi connectivity index (χ0n) is 30.5. The van der Waals surface area contributed by atoms with Crippen molar-refractivity contribution in [3.63, 3.8) is 0 Å². The van der Waals surface area contributed by atoms with Crippen molar-refractivity contribution in [1.29, 1.82) is 0 Å². The number of nitrogens with zero attached hydrogens (tertiary/aromatic N) is 6. The van der Waals surface area contributed by atoms with Crippen LogP contribution in [0.2, 0.25) is 0 Å². The summed E-state index contributed by atoms with van der Waals surface area (Å²) in [4.78, 5) is 36.4. The van der Waals surface area contributed by atoms with E-state index in [-0.39, 0.29) is 23.4 Å². The maximum atomic E-state index is 11.7. The predicted molar refractivity (Wildman–Crippen MR) is 199 cm³/mol. The molecular formula is C35H54BrN7O5S. The van der Waals surface area contributed by atoms with Gasteiger partial charge in [-0.1, -0.05) is 15.9 Å². The van der Waals surface area contributed by atoms with Crippen LogP contribution in [0.4, 0.5) is 21.2 Å². The number of piperidine rings is 2. The number of anilines is 2. The number of fused-ring (bicyclic) bond motifs is 1. The number of benzene rings is 1. The molecule has 4 heterocycles. The van der Waals surface area contributed by atoms with Crippen LogP contribution in [0.25, 0.3) is 11.0 Å². The number of alkyl halides is 1. The molecule has 0 aliphatic carbocycles. The third-order valence-electron chi connectivity index (χ3n) is 7.70. The van der Waals surface area contributed by atoms with Crippen LogP contribution in [-0.4, -0.2) is 94.9 Å². The van der Waals surface area contributed by atoms with Crippen LogP contribution >= 0.6 is 15.9 Å². The molecule has 0 bridgehead atoms. The van der Waals surface area contributed by atoms with E-state index < -0.39 is 10.8 Å². The molecule has 2 aliphatic rings. The minimum absolute atomic E-state index is 0.160. The molecular weight excluding hydrogens is 710 g/mol. The quantitative estimate of drug-likeness (QED) is 0.267. The summed E-state index contributed by atoms with van der Waals surface area (Å²) in [6.07, 6.45) is 8.70. The van der Waals surface area contributed by atoms with Crippen molar-refractivity contribution in [2.45, 2.75) is 96.7 Å². The molecule has 2 aliphatic heterocycles. The molecule has 1 unspecified atom stereocenters. The van der Waals surface area contributed by atoms with Crippen molar-refractivity contribution in [1.82, 2.24) is 29.5 Å². The Labute approximate surface area is 302 Å². The number of likely N-dealkylation sites (tertiary alicyclic amines) is 2. The van der Waals surface area contributed by atoms with Crippen molar-refractivity contribution in [3.8, 4) is 0 Å². The zero-order valence-corrected chi connectivity index (χ0v) is 32.9. The van der Waals surface area contributed by atoms with Gasteiger partial charge in [-0.3, -0.25) is 8.89 Å². The van der Waals surface area contributed by atoms with Crippen molar-refractivity contribution >= 4 is 61.6 Å². The number of aryl methyl sites for hydroxylation is 2. The number of halogens is 1. The second-order valence-corrected chi connectivity index (χ2v) is 16.4. The molecule has 1 aromatic carbocycles. The van der Waals surface area contributed by atoms with Crippen molar-refractivity contribution in [3.05, 3.63) is 36.2 Å². The van der Waals surface area contributed by atoms with E-state index in [1.807, 2.05) is 84.7 Å². The summed E-state index contributed by atoms with van der Waals surface area (Å²) in [5.41, 5.74) is 1.80. The van der Waals surface area contributed by atoms with E-state index in [1.54, 1.807) is 22.0 Å². The van der Waals surface area contributed by atoms with Gasteiger partial charge in [0.1, 0.15) is 11.2 Å². The highest BCUT2D eigenvalue weighted by atomic mass is 79.9. The van der Waals surface area contributed by atoms with Crippen LogP contribution in [0.1, 0.15) is 79.3 Å². The molecule has 2 saturated heterocycles. The minimum atomic E-state index is -0.973. The molecule has 12 nitrogen and oxygen atoms in total. The van der Waals surface area contributed by atoms with Gasteiger partial charge in [0.2, 0.25) is 5.95 Å². The van der Waals surface area contributed by atoms with Crippen LogP contribution in [0.5, 0.6) is 0 Å². The molecule has 2 amide bonds. The molecule has 272 valence electrons. The maximum Gasteiger partial charge on any atom is 0.410 e. The van der Waals surface area contributed by atoms with Crippen LogP contribution in [0.3, 0.4) is 0 Å². The van der Waals surface area contributed by atoms with E-state index in [0.717, 1.165) is 84.5 Å². The van der Waals surface area contributed by atoms with Gasteiger partial charge in [-0.15, -0.1) is 0 Å². The third kappa shape index (κ3) is 13.5. The first-order valence-electron chi connectivity index (χ1n) is 16.8. The predicted octanol–water partition coefficient (Wildman–Crippen LogP) is 7.59. The fourth-order valence-corrected chi connectivity index (χ4v) is 6.29. The Morgan fingerprint density at radius 3 is 1.94 bits per heavy atom. The highest BCUT2D eigenvalue weighted by Crippen LogP contribution is 2.22. The summed E-state index contributed by atoms with van der Waals surface area (Å²) in [6.45, 7) is 16.7. The average Bonchev–Trinajstić information content (AvgIpc) is 3.32. The summed E-state index contributed by atoms with van der Waals surface area (Å²) in [6, 6.07) is 7.37.